The number of amides is 1. The zero-order valence-corrected chi connectivity index (χ0v) is 12.7. The van der Waals surface area contributed by atoms with Crippen molar-refractivity contribution >= 4 is 23.2 Å². The lowest BCUT2D eigenvalue weighted by Crippen LogP contribution is -2.48. The molecule has 6 heteroatoms. The summed E-state index contributed by atoms with van der Waals surface area (Å²) in [6.45, 7) is 2.68. The summed E-state index contributed by atoms with van der Waals surface area (Å²) in [6.07, 6.45) is 2.80. The average molecular weight is 318 g/mol. The summed E-state index contributed by atoms with van der Waals surface area (Å²) < 4.78 is 0. The van der Waals surface area contributed by atoms with Gasteiger partial charge < -0.3 is 14.9 Å². The largest absolute Gasteiger partial charge is 0.505 e. The first kappa shape index (κ1) is 14.7. The molecule has 22 heavy (non-hydrogen) atoms. The number of carbonyl (C=O) groups is 1. The van der Waals surface area contributed by atoms with Crippen molar-refractivity contribution in [3.63, 3.8) is 0 Å². The molecule has 1 aromatic heterocycles. The van der Waals surface area contributed by atoms with E-state index in [0.717, 1.165) is 18.8 Å². The Bertz CT molecular complexity index is 685. The standard InChI is InChI=1S/C16H16ClN3O2/c17-12-2-1-3-13(10-12)19-6-8-20(9-7-19)16(22)14-4-5-18-11-15(14)21/h1-5,10-11,21H,6-9H2. The third-order valence-corrected chi connectivity index (χ3v) is 4.01. The highest BCUT2D eigenvalue weighted by atomic mass is 35.5. The molecule has 0 atom stereocenters. The second-order valence-corrected chi connectivity index (χ2v) is 5.59. The molecule has 1 aliphatic rings. The van der Waals surface area contributed by atoms with Crippen molar-refractivity contribution in [3.8, 4) is 5.75 Å². The van der Waals surface area contributed by atoms with E-state index in [1.165, 1.54) is 12.4 Å². The van der Waals surface area contributed by atoms with E-state index < -0.39 is 0 Å². The van der Waals surface area contributed by atoms with Crippen LogP contribution in [0.5, 0.6) is 5.75 Å². The van der Waals surface area contributed by atoms with Gasteiger partial charge in [-0.2, -0.15) is 0 Å². The first-order chi connectivity index (χ1) is 10.6. The Kier molecular flexibility index (Phi) is 4.15. The van der Waals surface area contributed by atoms with Gasteiger partial charge in [0.1, 0.15) is 5.75 Å². The molecular weight excluding hydrogens is 302 g/mol. The van der Waals surface area contributed by atoms with Crippen LogP contribution in [-0.2, 0) is 0 Å². The summed E-state index contributed by atoms with van der Waals surface area (Å²) in [5.41, 5.74) is 1.36. The summed E-state index contributed by atoms with van der Waals surface area (Å²) in [6, 6.07) is 9.24. The highest BCUT2D eigenvalue weighted by molar-refractivity contribution is 6.30. The maximum absolute atomic E-state index is 12.4. The Balaban J connectivity index is 1.67. The Morgan fingerprint density at radius 1 is 1.18 bits per heavy atom. The predicted molar refractivity (Wildman–Crippen MR) is 85.5 cm³/mol. The minimum atomic E-state index is -0.161. The molecule has 1 fully saturated rings. The highest BCUT2D eigenvalue weighted by Gasteiger charge is 2.24. The van der Waals surface area contributed by atoms with Crippen molar-refractivity contribution in [2.24, 2.45) is 0 Å². The van der Waals surface area contributed by atoms with Gasteiger partial charge in [0, 0.05) is 43.1 Å². The molecule has 0 bridgehead atoms. The van der Waals surface area contributed by atoms with Crippen molar-refractivity contribution < 1.29 is 9.90 Å². The van der Waals surface area contributed by atoms with Crippen LogP contribution in [0.1, 0.15) is 10.4 Å². The molecule has 3 rings (SSSR count). The number of benzene rings is 1. The van der Waals surface area contributed by atoms with E-state index in [1.54, 1.807) is 11.0 Å². The Morgan fingerprint density at radius 2 is 1.95 bits per heavy atom. The number of halogens is 1. The summed E-state index contributed by atoms with van der Waals surface area (Å²) in [5.74, 6) is -0.240. The van der Waals surface area contributed by atoms with E-state index >= 15 is 0 Å². The maximum Gasteiger partial charge on any atom is 0.257 e. The van der Waals surface area contributed by atoms with E-state index in [1.807, 2.05) is 24.3 Å². The van der Waals surface area contributed by atoms with Crippen LogP contribution in [0.2, 0.25) is 5.02 Å². The molecule has 0 spiro atoms. The van der Waals surface area contributed by atoms with Gasteiger partial charge in [-0.3, -0.25) is 9.78 Å². The van der Waals surface area contributed by atoms with Crippen molar-refractivity contribution in [2.45, 2.75) is 0 Å². The fourth-order valence-corrected chi connectivity index (χ4v) is 2.76. The number of rotatable bonds is 2. The van der Waals surface area contributed by atoms with Crippen LogP contribution in [0.25, 0.3) is 0 Å². The zero-order valence-electron chi connectivity index (χ0n) is 11.9. The van der Waals surface area contributed by atoms with Gasteiger partial charge in [0.15, 0.2) is 0 Å². The third kappa shape index (κ3) is 2.99. The van der Waals surface area contributed by atoms with Crippen LogP contribution >= 0.6 is 11.6 Å². The molecular formula is C16H16ClN3O2. The van der Waals surface area contributed by atoms with Gasteiger partial charge in [-0.1, -0.05) is 17.7 Å². The van der Waals surface area contributed by atoms with Gasteiger partial charge in [0.05, 0.1) is 11.8 Å². The normalized spacial score (nSPS) is 15.0. The molecule has 0 aliphatic carbocycles. The number of nitrogens with zero attached hydrogens (tertiary/aromatic N) is 3. The van der Waals surface area contributed by atoms with Crippen molar-refractivity contribution in [3.05, 3.63) is 53.3 Å². The summed E-state index contributed by atoms with van der Waals surface area (Å²) in [4.78, 5) is 20.1. The van der Waals surface area contributed by atoms with E-state index in [9.17, 15) is 9.90 Å². The van der Waals surface area contributed by atoms with Crippen molar-refractivity contribution in [2.75, 3.05) is 31.1 Å². The molecule has 0 unspecified atom stereocenters. The van der Waals surface area contributed by atoms with Crippen LogP contribution in [0, 0.1) is 0 Å². The van der Waals surface area contributed by atoms with Gasteiger partial charge in [0.25, 0.3) is 5.91 Å². The zero-order chi connectivity index (χ0) is 15.5. The number of pyridine rings is 1. The molecule has 1 aliphatic heterocycles. The predicted octanol–water partition coefficient (Wildman–Crippen LogP) is 2.40. The molecule has 5 nitrogen and oxygen atoms in total. The molecule has 1 amide bonds. The molecule has 2 heterocycles. The number of hydrogen-bond donors (Lipinski definition) is 1. The fourth-order valence-electron chi connectivity index (χ4n) is 2.58. The summed E-state index contributed by atoms with van der Waals surface area (Å²) in [5, 5.41) is 10.4. The number of anilines is 1. The maximum atomic E-state index is 12.4. The summed E-state index contributed by atoms with van der Waals surface area (Å²) >= 11 is 6.02. The quantitative estimate of drug-likeness (QED) is 0.924. The van der Waals surface area contributed by atoms with Crippen LogP contribution in [0.4, 0.5) is 5.69 Å². The van der Waals surface area contributed by atoms with Crippen molar-refractivity contribution in [1.82, 2.24) is 9.88 Å². The second-order valence-electron chi connectivity index (χ2n) is 5.15. The SMILES string of the molecule is O=C(c1ccncc1O)N1CCN(c2cccc(Cl)c2)CC1. The fraction of sp³-hybridized carbons (Fsp3) is 0.250. The Morgan fingerprint density at radius 3 is 2.64 bits per heavy atom. The smallest absolute Gasteiger partial charge is 0.257 e. The monoisotopic (exact) mass is 317 g/mol. The lowest BCUT2D eigenvalue weighted by Gasteiger charge is -2.36. The van der Waals surface area contributed by atoms with Crippen molar-refractivity contribution in [1.29, 1.82) is 0 Å². The topological polar surface area (TPSA) is 56.7 Å². The number of aromatic nitrogens is 1. The summed E-state index contributed by atoms with van der Waals surface area (Å²) in [7, 11) is 0. The van der Waals surface area contributed by atoms with Gasteiger partial charge in [0.2, 0.25) is 0 Å². The van der Waals surface area contributed by atoms with Gasteiger partial charge in [-0.25, -0.2) is 0 Å². The van der Waals surface area contributed by atoms with Crippen LogP contribution in [0.3, 0.4) is 0 Å². The number of hydrogen-bond acceptors (Lipinski definition) is 4. The second kappa shape index (κ2) is 6.23. The molecule has 0 saturated carbocycles. The molecule has 0 radical (unpaired) electrons. The van der Waals surface area contributed by atoms with E-state index in [0.29, 0.717) is 23.7 Å². The first-order valence-corrected chi connectivity index (χ1v) is 7.46. The van der Waals surface area contributed by atoms with Crippen LogP contribution in [-0.4, -0.2) is 47.1 Å². The van der Waals surface area contributed by atoms with Gasteiger partial charge in [-0.05, 0) is 24.3 Å². The Hall–Kier alpha value is -2.27. The third-order valence-electron chi connectivity index (χ3n) is 3.77. The number of aromatic hydroxyl groups is 1. The van der Waals surface area contributed by atoms with Gasteiger partial charge >= 0.3 is 0 Å². The number of carbonyl (C=O) groups excluding carboxylic acids is 1. The lowest BCUT2D eigenvalue weighted by molar-refractivity contribution is 0.0743. The average Bonchev–Trinajstić information content (AvgIpc) is 2.55. The van der Waals surface area contributed by atoms with E-state index in [4.69, 9.17) is 11.6 Å². The molecule has 1 saturated heterocycles. The number of piperazine rings is 1. The van der Waals surface area contributed by atoms with Gasteiger partial charge in [-0.15, -0.1) is 0 Å². The lowest BCUT2D eigenvalue weighted by atomic mass is 10.2. The van der Waals surface area contributed by atoms with E-state index in [-0.39, 0.29) is 11.7 Å². The van der Waals surface area contributed by atoms with Crippen LogP contribution in [0.15, 0.2) is 42.7 Å². The molecule has 1 N–H and O–H groups in total. The molecule has 114 valence electrons. The van der Waals surface area contributed by atoms with E-state index in [2.05, 4.69) is 9.88 Å². The Labute approximate surface area is 133 Å². The molecule has 2 aromatic rings. The highest BCUT2D eigenvalue weighted by Crippen LogP contribution is 2.22. The first-order valence-electron chi connectivity index (χ1n) is 7.08. The minimum absolute atomic E-state index is 0.0789. The minimum Gasteiger partial charge on any atom is -0.505 e. The molecule has 1 aromatic carbocycles. The van der Waals surface area contributed by atoms with Crippen LogP contribution < -0.4 is 4.90 Å².